The highest BCUT2D eigenvalue weighted by Gasteiger charge is 2.13. The maximum Gasteiger partial charge on any atom is 0.180 e. The van der Waals surface area contributed by atoms with Crippen LogP contribution in [0.1, 0.15) is 18.1 Å². The standard InChI is InChI=1S/C16H15ClFNO3/c1-2-21-15-8-11(9-19-20)7-13(17)16(15)22-10-12-5-3-4-6-14(12)18/h3-9,20H,2,10H2,1H3. The van der Waals surface area contributed by atoms with Crippen molar-refractivity contribution in [3.05, 3.63) is 58.4 Å². The lowest BCUT2D eigenvalue weighted by Crippen LogP contribution is -2.02. The minimum atomic E-state index is -0.347. The van der Waals surface area contributed by atoms with Crippen LogP contribution in [0.3, 0.4) is 0 Å². The molecule has 2 rings (SSSR count). The summed E-state index contributed by atoms with van der Waals surface area (Å²) in [6, 6.07) is 9.54. The second-order valence-corrected chi connectivity index (χ2v) is 4.79. The highest BCUT2D eigenvalue weighted by Crippen LogP contribution is 2.37. The van der Waals surface area contributed by atoms with Gasteiger partial charge in [0.25, 0.3) is 0 Å². The SMILES string of the molecule is CCOc1cc(C=NO)cc(Cl)c1OCc1ccccc1F. The summed E-state index contributed by atoms with van der Waals surface area (Å²) in [5, 5.41) is 11.8. The van der Waals surface area contributed by atoms with Crippen molar-refractivity contribution in [1.82, 2.24) is 0 Å². The smallest absolute Gasteiger partial charge is 0.180 e. The van der Waals surface area contributed by atoms with Gasteiger partial charge in [-0.25, -0.2) is 4.39 Å². The molecule has 4 nitrogen and oxygen atoms in total. The molecule has 0 saturated heterocycles. The largest absolute Gasteiger partial charge is 0.490 e. The molecule has 0 saturated carbocycles. The van der Waals surface area contributed by atoms with Gasteiger partial charge in [0, 0.05) is 11.1 Å². The molecular formula is C16H15ClFNO3. The van der Waals surface area contributed by atoms with Crippen molar-refractivity contribution in [2.75, 3.05) is 6.61 Å². The molecule has 0 amide bonds. The normalized spacial score (nSPS) is 10.9. The maximum atomic E-state index is 13.6. The van der Waals surface area contributed by atoms with Crippen LogP contribution >= 0.6 is 11.6 Å². The Morgan fingerprint density at radius 3 is 2.73 bits per heavy atom. The van der Waals surface area contributed by atoms with E-state index in [1.807, 2.05) is 6.92 Å². The molecule has 2 aromatic rings. The van der Waals surface area contributed by atoms with E-state index in [9.17, 15) is 4.39 Å². The number of benzene rings is 2. The third kappa shape index (κ3) is 3.89. The zero-order chi connectivity index (χ0) is 15.9. The molecule has 1 N–H and O–H groups in total. The van der Waals surface area contributed by atoms with E-state index < -0.39 is 0 Å². The molecule has 0 atom stereocenters. The van der Waals surface area contributed by atoms with Crippen molar-refractivity contribution >= 4 is 17.8 Å². The number of oxime groups is 1. The van der Waals surface area contributed by atoms with E-state index in [4.69, 9.17) is 26.3 Å². The topological polar surface area (TPSA) is 51.0 Å². The Morgan fingerprint density at radius 1 is 1.27 bits per heavy atom. The van der Waals surface area contributed by atoms with Crippen LogP contribution < -0.4 is 9.47 Å². The molecular weight excluding hydrogens is 309 g/mol. The van der Waals surface area contributed by atoms with E-state index in [0.29, 0.717) is 29.2 Å². The predicted molar refractivity (Wildman–Crippen MR) is 82.7 cm³/mol. The molecule has 2 aromatic carbocycles. The molecule has 0 aliphatic carbocycles. The Kier molecular flexibility index (Phi) is 5.61. The number of rotatable bonds is 6. The number of hydrogen-bond donors (Lipinski definition) is 1. The van der Waals surface area contributed by atoms with Crippen molar-refractivity contribution in [1.29, 1.82) is 0 Å². The summed E-state index contributed by atoms with van der Waals surface area (Å²) < 4.78 is 24.7. The van der Waals surface area contributed by atoms with Gasteiger partial charge in [-0.1, -0.05) is 35.0 Å². The minimum absolute atomic E-state index is 0.0277. The fraction of sp³-hybridized carbons (Fsp3) is 0.188. The van der Waals surface area contributed by atoms with Crippen LogP contribution in [0.5, 0.6) is 11.5 Å². The Hall–Kier alpha value is -2.27. The fourth-order valence-corrected chi connectivity index (χ4v) is 2.17. The van der Waals surface area contributed by atoms with Crippen LogP contribution in [0.15, 0.2) is 41.6 Å². The third-order valence-corrected chi connectivity index (χ3v) is 3.15. The summed E-state index contributed by atoms with van der Waals surface area (Å²) in [5.74, 6) is 0.378. The Morgan fingerprint density at radius 2 is 2.05 bits per heavy atom. The molecule has 22 heavy (non-hydrogen) atoms. The second-order valence-electron chi connectivity index (χ2n) is 4.39. The zero-order valence-electron chi connectivity index (χ0n) is 11.9. The van der Waals surface area contributed by atoms with Crippen molar-refractivity contribution in [3.63, 3.8) is 0 Å². The van der Waals surface area contributed by atoms with Gasteiger partial charge in [0.15, 0.2) is 11.5 Å². The Bertz CT molecular complexity index is 676. The molecule has 0 heterocycles. The van der Waals surface area contributed by atoms with Crippen molar-refractivity contribution in [3.8, 4) is 11.5 Å². The third-order valence-electron chi connectivity index (χ3n) is 2.87. The summed E-state index contributed by atoms with van der Waals surface area (Å²) in [5.41, 5.74) is 0.983. The van der Waals surface area contributed by atoms with Gasteiger partial charge in [0.1, 0.15) is 12.4 Å². The van der Waals surface area contributed by atoms with Gasteiger partial charge in [0.2, 0.25) is 0 Å². The summed E-state index contributed by atoms with van der Waals surface area (Å²) >= 11 is 6.17. The first kappa shape index (κ1) is 16.1. The van der Waals surface area contributed by atoms with Gasteiger partial charge >= 0.3 is 0 Å². The van der Waals surface area contributed by atoms with Crippen LogP contribution in [0, 0.1) is 5.82 Å². The van der Waals surface area contributed by atoms with Gasteiger partial charge in [-0.15, -0.1) is 0 Å². The first-order valence-corrected chi connectivity index (χ1v) is 7.03. The lowest BCUT2D eigenvalue weighted by atomic mass is 10.2. The van der Waals surface area contributed by atoms with Gasteiger partial charge in [-0.2, -0.15) is 0 Å². The minimum Gasteiger partial charge on any atom is -0.490 e. The first-order valence-electron chi connectivity index (χ1n) is 6.65. The molecule has 0 aliphatic heterocycles. The summed E-state index contributed by atoms with van der Waals surface area (Å²) in [6.07, 6.45) is 1.23. The van der Waals surface area contributed by atoms with Crippen LogP contribution in [0.25, 0.3) is 0 Å². The van der Waals surface area contributed by atoms with Gasteiger partial charge < -0.3 is 14.7 Å². The predicted octanol–water partition coefficient (Wildman–Crippen LogP) is 4.26. The molecule has 0 aliphatic rings. The summed E-state index contributed by atoms with van der Waals surface area (Å²) in [7, 11) is 0. The Balaban J connectivity index is 2.27. The average Bonchev–Trinajstić information content (AvgIpc) is 2.49. The number of ether oxygens (including phenoxy) is 2. The van der Waals surface area contributed by atoms with E-state index in [1.165, 1.54) is 12.3 Å². The molecule has 116 valence electrons. The van der Waals surface area contributed by atoms with Crippen molar-refractivity contribution in [2.24, 2.45) is 5.16 Å². The maximum absolute atomic E-state index is 13.6. The van der Waals surface area contributed by atoms with E-state index >= 15 is 0 Å². The van der Waals surface area contributed by atoms with E-state index in [1.54, 1.807) is 30.3 Å². The molecule has 0 unspecified atom stereocenters. The van der Waals surface area contributed by atoms with Crippen LogP contribution in [0.4, 0.5) is 4.39 Å². The quantitative estimate of drug-likeness (QED) is 0.491. The van der Waals surface area contributed by atoms with Crippen LogP contribution in [0.2, 0.25) is 5.02 Å². The molecule has 0 aromatic heterocycles. The fourth-order valence-electron chi connectivity index (χ4n) is 1.90. The van der Waals surface area contributed by atoms with Crippen molar-refractivity contribution in [2.45, 2.75) is 13.5 Å². The molecule has 0 spiro atoms. The highest BCUT2D eigenvalue weighted by atomic mass is 35.5. The average molecular weight is 324 g/mol. The Labute approximate surface area is 132 Å². The van der Waals surface area contributed by atoms with Gasteiger partial charge in [-0.3, -0.25) is 0 Å². The summed E-state index contributed by atoms with van der Waals surface area (Å²) in [4.78, 5) is 0. The molecule has 0 fully saturated rings. The van der Waals surface area contributed by atoms with E-state index in [0.717, 1.165) is 0 Å². The van der Waals surface area contributed by atoms with Crippen molar-refractivity contribution < 1.29 is 19.1 Å². The van der Waals surface area contributed by atoms with Gasteiger partial charge in [-0.05, 0) is 25.1 Å². The van der Waals surface area contributed by atoms with Crippen LogP contribution in [-0.2, 0) is 6.61 Å². The van der Waals surface area contributed by atoms with Crippen LogP contribution in [-0.4, -0.2) is 18.0 Å². The number of hydrogen-bond acceptors (Lipinski definition) is 4. The molecule has 0 radical (unpaired) electrons. The lowest BCUT2D eigenvalue weighted by Gasteiger charge is -2.14. The number of nitrogens with zero attached hydrogens (tertiary/aromatic N) is 1. The lowest BCUT2D eigenvalue weighted by molar-refractivity contribution is 0.266. The monoisotopic (exact) mass is 323 g/mol. The number of halogens is 2. The van der Waals surface area contributed by atoms with Gasteiger partial charge in [0.05, 0.1) is 17.8 Å². The van der Waals surface area contributed by atoms with E-state index in [2.05, 4.69) is 5.16 Å². The first-order chi connectivity index (χ1) is 10.7. The molecule has 0 bridgehead atoms. The highest BCUT2D eigenvalue weighted by molar-refractivity contribution is 6.32. The molecule has 6 heteroatoms. The second kappa shape index (κ2) is 7.66. The van der Waals surface area contributed by atoms with E-state index in [-0.39, 0.29) is 17.4 Å². The summed E-state index contributed by atoms with van der Waals surface area (Å²) in [6.45, 7) is 2.26. The zero-order valence-corrected chi connectivity index (χ0v) is 12.7.